The van der Waals surface area contributed by atoms with Crippen LogP contribution in [0.2, 0.25) is 0 Å². The fraction of sp³-hybridized carbons (Fsp3) is 0.690. The molecule has 3 aliphatic rings. The van der Waals surface area contributed by atoms with Crippen LogP contribution in [0.15, 0.2) is 30.3 Å². The average molecular weight is 512 g/mol. The molecule has 3 saturated heterocycles. The summed E-state index contributed by atoms with van der Waals surface area (Å²) in [4.78, 5) is 45.2. The quantitative estimate of drug-likeness (QED) is 0.613. The van der Waals surface area contributed by atoms with E-state index in [4.69, 9.17) is 0 Å². The number of hydrogen-bond acceptors (Lipinski definition) is 5. The summed E-state index contributed by atoms with van der Waals surface area (Å²) < 4.78 is 0. The molecule has 0 aliphatic carbocycles. The number of carbonyl (C=O) groups excluding carboxylic acids is 3. The second-order valence-electron chi connectivity index (χ2n) is 10.8. The first kappa shape index (κ1) is 27.6. The van der Waals surface area contributed by atoms with E-state index in [1.54, 1.807) is 17.0 Å². The summed E-state index contributed by atoms with van der Waals surface area (Å²) in [6.07, 6.45) is 8.90. The number of amides is 3. The molecular formula is C29H45N5O3. The van der Waals surface area contributed by atoms with Gasteiger partial charge in [0.2, 0.25) is 11.8 Å². The van der Waals surface area contributed by atoms with Crippen LogP contribution < -0.4 is 10.6 Å². The lowest BCUT2D eigenvalue weighted by molar-refractivity contribution is -0.126. The molecule has 37 heavy (non-hydrogen) atoms. The molecule has 3 fully saturated rings. The second kappa shape index (κ2) is 14.5. The molecule has 8 heteroatoms. The fourth-order valence-corrected chi connectivity index (χ4v) is 6.00. The molecule has 0 saturated carbocycles. The lowest BCUT2D eigenvalue weighted by atomic mass is 9.98. The molecule has 204 valence electrons. The number of benzene rings is 1. The third kappa shape index (κ3) is 8.54. The largest absolute Gasteiger partial charge is 0.356 e. The molecule has 3 amide bonds. The number of carbonyl (C=O) groups is 3. The van der Waals surface area contributed by atoms with Crippen LogP contribution in [0.5, 0.6) is 0 Å². The number of piperidine rings is 2. The first-order valence-electron chi connectivity index (χ1n) is 14.5. The molecule has 0 spiro atoms. The van der Waals surface area contributed by atoms with Crippen molar-refractivity contribution < 1.29 is 14.4 Å². The van der Waals surface area contributed by atoms with Crippen molar-refractivity contribution in [3.8, 4) is 0 Å². The Balaban J connectivity index is 1.21. The van der Waals surface area contributed by atoms with E-state index >= 15 is 0 Å². The van der Waals surface area contributed by atoms with Crippen molar-refractivity contribution in [1.29, 1.82) is 0 Å². The Labute approximate surface area is 222 Å². The Bertz CT molecular complexity index is 866. The number of likely N-dealkylation sites (tertiary alicyclic amines) is 2. The van der Waals surface area contributed by atoms with E-state index < -0.39 is 0 Å². The van der Waals surface area contributed by atoms with Crippen LogP contribution in [0.25, 0.3) is 0 Å². The highest BCUT2D eigenvalue weighted by atomic mass is 16.2. The SMILES string of the molecule is O=C1CCN(C(=O)c2ccccc2)CCCC(C(=O)NCCN2CCC(N3CCCCC3)CC2)CCN1. The molecule has 3 heterocycles. The van der Waals surface area contributed by atoms with Crippen LogP contribution in [0, 0.1) is 5.92 Å². The third-order valence-corrected chi connectivity index (χ3v) is 8.27. The van der Waals surface area contributed by atoms with Crippen LogP contribution in [0.1, 0.15) is 68.1 Å². The third-order valence-electron chi connectivity index (χ3n) is 8.27. The Kier molecular flexibility index (Phi) is 10.8. The monoisotopic (exact) mass is 511 g/mol. The average Bonchev–Trinajstić information content (AvgIpc) is 2.98. The number of hydrogen-bond donors (Lipinski definition) is 2. The Morgan fingerprint density at radius 3 is 2.38 bits per heavy atom. The summed E-state index contributed by atoms with van der Waals surface area (Å²) in [5, 5.41) is 6.09. The fourth-order valence-electron chi connectivity index (χ4n) is 6.00. The predicted molar refractivity (Wildman–Crippen MR) is 145 cm³/mol. The molecule has 0 radical (unpaired) electrons. The lowest BCUT2D eigenvalue weighted by Crippen LogP contribution is -2.48. The Hall–Kier alpha value is -2.45. The van der Waals surface area contributed by atoms with Gasteiger partial charge in [0, 0.05) is 56.7 Å². The van der Waals surface area contributed by atoms with Gasteiger partial charge in [-0.15, -0.1) is 0 Å². The van der Waals surface area contributed by atoms with Crippen molar-refractivity contribution >= 4 is 17.7 Å². The van der Waals surface area contributed by atoms with E-state index in [1.807, 2.05) is 18.2 Å². The van der Waals surface area contributed by atoms with E-state index in [2.05, 4.69) is 20.4 Å². The molecule has 3 aliphatic heterocycles. The summed E-state index contributed by atoms with van der Waals surface area (Å²) in [5.74, 6) is -0.216. The summed E-state index contributed by atoms with van der Waals surface area (Å²) in [5.41, 5.74) is 0.632. The molecule has 1 aromatic carbocycles. The van der Waals surface area contributed by atoms with Gasteiger partial charge in [0.1, 0.15) is 0 Å². The highest BCUT2D eigenvalue weighted by molar-refractivity contribution is 5.94. The van der Waals surface area contributed by atoms with Gasteiger partial charge in [0.25, 0.3) is 5.91 Å². The van der Waals surface area contributed by atoms with Gasteiger partial charge in [-0.2, -0.15) is 0 Å². The highest BCUT2D eigenvalue weighted by Crippen LogP contribution is 2.21. The van der Waals surface area contributed by atoms with Crippen molar-refractivity contribution in [3.05, 3.63) is 35.9 Å². The van der Waals surface area contributed by atoms with Gasteiger partial charge in [-0.25, -0.2) is 0 Å². The molecule has 1 atom stereocenters. The van der Waals surface area contributed by atoms with Crippen LogP contribution in [0.3, 0.4) is 0 Å². The van der Waals surface area contributed by atoms with Crippen LogP contribution in [-0.4, -0.2) is 97.4 Å². The maximum absolute atomic E-state index is 13.0. The molecule has 2 N–H and O–H groups in total. The minimum absolute atomic E-state index is 0.0577. The normalized spacial score (nSPS) is 23.6. The molecule has 8 nitrogen and oxygen atoms in total. The zero-order chi connectivity index (χ0) is 25.9. The summed E-state index contributed by atoms with van der Waals surface area (Å²) >= 11 is 0. The standard InChI is InChI=1S/C29H45N5O3/c35-27-14-22-34(29(37)25-8-3-1-4-9-25)19-7-10-24(11-15-30-27)28(36)31-16-23-32-20-12-26(13-21-32)33-17-5-2-6-18-33/h1,3-4,8-9,24,26H,2,5-7,10-23H2,(H,30,35)(H,31,36). The van der Waals surface area contributed by atoms with Gasteiger partial charge in [-0.3, -0.25) is 14.4 Å². The topological polar surface area (TPSA) is 85.0 Å². The van der Waals surface area contributed by atoms with Crippen LogP contribution in [0.4, 0.5) is 0 Å². The van der Waals surface area contributed by atoms with Gasteiger partial charge >= 0.3 is 0 Å². The number of nitrogens with one attached hydrogen (secondary N) is 2. The van der Waals surface area contributed by atoms with Gasteiger partial charge in [-0.1, -0.05) is 24.6 Å². The van der Waals surface area contributed by atoms with Crippen molar-refractivity contribution in [3.63, 3.8) is 0 Å². The summed E-state index contributed by atoms with van der Waals surface area (Å²) in [6, 6.07) is 9.94. The predicted octanol–water partition coefficient (Wildman–Crippen LogP) is 2.50. The minimum Gasteiger partial charge on any atom is -0.356 e. The molecule has 0 bridgehead atoms. The van der Waals surface area contributed by atoms with Crippen molar-refractivity contribution in [2.75, 3.05) is 58.9 Å². The van der Waals surface area contributed by atoms with E-state index in [-0.39, 0.29) is 30.1 Å². The maximum Gasteiger partial charge on any atom is 0.253 e. The van der Waals surface area contributed by atoms with Gasteiger partial charge in [0.15, 0.2) is 0 Å². The van der Waals surface area contributed by atoms with E-state index in [0.717, 1.165) is 32.1 Å². The first-order valence-corrected chi connectivity index (χ1v) is 14.5. The number of rotatable bonds is 6. The van der Waals surface area contributed by atoms with Crippen molar-refractivity contribution in [1.82, 2.24) is 25.3 Å². The molecule has 0 aromatic heterocycles. The van der Waals surface area contributed by atoms with E-state index in [0.29, 0.717) is 44.6 Å². The van der Waals surface area contributed by atoms with Crippen LogP contribution in [-0.2, 0) is 9.59 Å². The zero-order valence-corrected chi connectivity index (χ0v) is 22.3. The van der Waals surface area contributed by atoms with E-state index in [1.165, 1.54) is 45.2 Å². The molecule has 1 unspecified atom stereocenters. The zero-order valence-electron chi connectivity index (χ0n) is 22.3. The van der Waals surface area contributed by atoms with Crippen molar-refractivity contribution in [2.24, 2.45) is 5.92 Å². The Morgan fingerprint density at radius 2 is 1.62 bits per heavy atom. The minimum atomic E-state index is -0.156. The van der Waals surface area contributed by atoms with Gasteiger partial charge in [0.05, 0.1) is 0 Å². The molecular weight excluding hydrogens is 466 g/mol. The Morgan fingerprint density at radius 1 is 0.865 bits per heavy atom. The second-order valence-corrected chi connectivity index (χ2v) is 10.8. The van der Waals surface area contributed by atoms with Gasteiger partial charge < -0.3 is 25.3 Å². The molecule has 4 rings (SSSR count). The summed E-state index contributed by atoms with van der Waals surface area (Å²) in [7, 11) is 0. The van der Waals surface area contributed by atoms with E-state index in [9.17, 15) is 14.4 Å². The smallest absolute Gasteiger partial charge is 0.253 e. The van der Waals surface area contributed by atoms with Crippen LogP contribution >= 0.6 is 0 Å². The van der Waals surface area contributed by atoms with Crippen molar-refractivity contribution in [2.45, 2.75) is 63.8 Å². The maximum atomic E-state index is 13.0. The van der Waals surface area contributed by atoms with Gasteiger partial charge in [-0.05, 0) is 83.3 Å². The number of nitrogens with zero attached hydrogens (tertiary/aromatic N) is 3. The summed E-state index contributed by atoms with van der Waals surface area (Å²) in [6.45, 7) is 7.74. The highest BCUT2D eigenvalue weighted by Gasteiger charge is 2.26. The lowest BCUT2D eigenvalue weighted by Gasteiger charge is -2.40. The first-order chi connectivity index (χ1) is 18.1. The molecule has 1 aromatic rings.